The van der Waals surface area contributed by atoms with Gasteiger partial charge in [0.2, 0.25) is 0 Å². The summed E-state index contributed by atoms with van der Waals surface area (Å²) in [7, 11) is 0. The zero-order valence-electron chi connectivity index (χ0n) is 13.4. The lowest BCUT2D eigenvalue weighted by Crippen LogP contribution is -2.22. The minimum absolute atomic E-state index is 0.575. The Hall–Kier alpha value is -2.56. The highest BCUT2D eigenvalue weighted by molar-refractivity contribution is 5.92. The molecule has 0 aliphatic carbocycles. The van der Waals surface area contributed by atoms with E-state index in [2.05, 4.69) is 57.7 Å². The van der Waals surface area contributed by atoms with E-state index in [4.69, 9.17) is 5.73 Å². The van der Waals surface area contributed by atoms with Gasteiger partial charge in [-0.1, -0.05) is 12.1 Å². The largest absolute Gasteiger partial charge is 0.357 e. The van der Waals surface area contributed by atoms with Crippen molar-refractivity contribution in [1.82, 2.24) is 15.3 Å². The van der Waals surface area contributed by atoms with Gasteiger partial charge in [-0.25, -0.2) is 0 Å². The molecule has 0 bridgehead atoms. The van der Waals surface area contributed by atoms with Crippen molar-refractivity contribution in [3.63, 3.8) is 0 Å². The molecule has 3 heterocycles. The average molecular weight is 316 g/mol. The Balaban J connectivity index is 1.65. The van der Waals surface area contributed by atoms with Gasteiger partial charge in [-0.3, -0.25) is 0 Å². The molecule has 4 aromatic rings. The summed E-state index contributed by atoms with van der Waals surface area (Å²) in [6.45, 7) is 2.57. The number of hydrogen-bond donors (Lipinski definition) is 4. The van der Waals surface area contributed by atoms with E-state index >= 15 is 0 Å². The Bertz CT molecular complexity index is 1050. The van der Waals surface area contributed by atoms with Crippen molar-refractivity contribution in [2.24, 2.45) is 5.73 Å². The number of hydrogen-bond acceptors (Lipinski definition) is 2. The molecule has 1 aliphatic rings. The molecule has 24 heavy (non-hydrogen) atoms. The van der Waals surface area contributed by atoms with Gasteiger partial charge in [0.15, 0.2) is 0 Å². The second-order valence-electron chi connectivity index (χ2n) is 6.58. The number of aromatic nitrogens is 2. The molecule has 0 unspecified atom stereocenters. The lowest BCUT2D eigenvalue weighted by molar-refractivity contribution is 0.637. The number of fused-ring (bicyclic) bond motifs is 4. The van der Waals surface area contributed by atoms with Crippen LogP contribution in [0.4, 0.5) is 0 Å². The molecular formula is C20H20N4. The Morgan fingerprint density at radius 3 is 2.79 bits per heavy atom. The van der Waals surface area contributed by atoms with Crippen molar-refractivity contribution >= 4 is 21.8 Å². The van der Waals surface area contributed by atoms with Gasteiger partial charge in [0.05, 0.1) is 0 Å². The highest BCUT2D eigenvalue weighted by atomic mass is 14.9. The quantitative estimate of drug-likeness (QED) is 0.458. The first-order valence-electron chi connectivity index (χ1n) is 8.48. The van der Waals surface area contributed by atoms with Gasteiger partial charge >= 0.3 is 0 Å². The average Bonchev–Trinajstić information content (AvgIpc) is 3.21. The summed E-state index contributed by atoms with van der Waals surface area (Å²) in [5.74, 6) is 0. The number of rotatable bonds is 2. The molecule has 0 saturated carbocycles. The summed E-state index contributed by atoms with van der Waals surface area (Å²) in [5, 5.41) is 6.00. The number of benzene rings is 2. The highest BCUT2D eigenvalue weighted by Gasteiger charge is 2.15. The van der Waals surface area contributed by atoms with E-state index in [9.17, 15) is 0 Å². The van der Waals surface area contributed by atoms with Crippen LogP contribution in [0.5, 0.6) is 0 Å². The van der Waals surface area contributed by atoms with Crippen molar-refractivity contribution in [3.05, 3.63) is 59.3 Å². The van der Waals surface area contributed by atoms with E-state index in [0.29, 0.717) is 6.54 Å². The minimum Gasteiger partial charge on any atom is -0.357 e. The van der Waals surface area contributed by atoms with Crippen LogP contribution >= 0.6 is 0 Å². The summed E-state index contributed by atoms with van der Waals surface area (Å²) < 4.78 is 0. The van der Waals surface area contributed by atoms with Crippen LogP contribution < -0.4 is 11.1 Å². The first-order chi connectivity index (χ1) is 11.8. The molecule has 2 aromatic carbocycles. The summed E-state index contributed by atoms with van der Waals surface area (Å²) in [6.07, 6.45) is 1.09. The van der Waals surface area contributed by atoms with E-state index in [1.165, 1.54) is 33.1 Å². The maximum Gasteiger partial charge on any atom is 0.0465 e. The zero-order valence-corrected chi connectivity index (χ0v) is 13.4. The van der Waals surface area contributed by atoms with E-state index < -0.39 is 0 Å². The van der Waals surface area contributed by atoms with Gasteiger partial charge in [0.1, 0.15) is 0 Å². The van der Waals surface area contributed by atoms with Crippen LogP contribution in [-0.4, -0.2) is 16.5 Å². The van der Waals surface area contributed by atoms with Crippen LogP contribution in [0, 0.1) is 0 Å². The second kappa shape index (κ2) is 5.23. The standard InChI is InChI=1S/C20H20N4/c21-10-12-1-3-17-14(7-12)9-19(23-17)13-2-4-18-16(8-13)15-5-6-22-11-20(15)24-18/h1-4,7-9,22-24H,5-6,10-11,21H2. The predicted octanol–water partition coefficient (Wildman–Crippen LogP) is 3.42. The summed E-state index contributed by atoms with van der Waals surface area (Å²) in [5.41, 5.74) is 14.5. The molecule has 4 heteroatoms. The van der Waals surface area contributed by atoms with Gasteiger partial charge in [-0.2, -0.15) is 0 Å². The van der Waals surface area contributed by atoms with Crippen molar-refractivity contribution in [2.45, 2.75) is 19.5 Å². The van der Waals surface area contributed by atoms with Gasteiger partial charge in [0, 0.05) is 46.3 Å². The van der Waals surface area contributed by atoms with Crippen LogP contribution in [0.1, 0.15) is 16.8 Å². The molecule has 5 N–H and O–H groups in total. The lowest BCUT2D eigenvalue weighted by atomic mass is 10.0. The number of nitrogens with two attached hydrogens (primary N) is 1. The molecule has 0 amide bonds. The molecule has 2 aromatic heterocycles. The third kappa shape index (κ3) is 2.08. The summed E-state index contributed by atoms with van der Waals surface area (Å²) in [4.78, 5) is 7.09. The number of nitrogens with one attached hydrogen (secondary N) is 3. The SMILES string of the molecule is NCc1ccc2[nH]c(-c3ccc4[nH]c5c(c4c3)CCNC5)cc2c1. The topological polar surface area (TPSA) is 69.6 Å². The van der Waals surface area contributed by atoms with E-state index in [1.54, 1.807) is 0 Å². The molecule has 0 radical (unpaired) electrons. The monoisotopic (exact) mass is 316 g/mol. The van der Waals surface area contributed by atoms with E-state index in [0.717, 1.165) is 36.3 Å². The van der Waals surface area contributed by atoms with Crippen LogP contribution in [0.3, 0.4) is 0 Å². The van der Waals surface area contributed by atoms with Crippen molar-refractivity contribution in [3.8, 4) is 11.3 Å². The lowest BCUT2D eigenvalue weighted by Gasteiger charge is -2.12. The predicted molar refractivity (Wildman–Crippen MR) is 98.9 cm³/mol. The van der Waals surface area contributed by atoms with Gasteiger partial charge in [-0.15, -0.1) is 0 Å². The Morgan fingerprint density at radius 1 is 0.958 bits per heavy atom. The number of H-pyrrole nitrogens is 2. The third-order valence-electron chi connectivity index (χ3n) is 5.08. The Morgan fingerprint density at radius 2 is 1.88 bits per heavy atom. The van der Waals surface area contributed by atoms with E-state index in [-0.39, 0.29) is 0 Å². The fourth-order valence-corrected chi connectivity index (χ4v) is 3.80. The molecule has 0 saturated heterocycles. The molecule has 5 rings (SSSR count). The first-order valence-corrected chi connectivity index (χ1v) is 8.48. The van der Waals surface area contributed by atoms with Gasteiger partial charge < -0.3 is 21.0 Å². The molecule has 0 spiro atoms. The first kappa shape index (κ1) is 13.8. The van der Waals surface area contributed by atoms with Crippen LogP contribution in [0.25, 0.3) is 33.1 Å². The van der Waals surface area contributed by atoms with Gasteiger partial charge in [-0.05, 0) is 60.0 Å². The fourth-order valence-electron chi connectivity index (χ4n) is 3.80. The summed E-state index contributed by atoms with van der Waals surface area (Å²) >= 11 is 0. The zero-order chi connectivity index (χ0) is 16.1. The van der Waals surface area contributed by atoms with Crippen molar-refractivity contribution in [2.75, 3.05) is 6.54 Å². The van der Waals surface area contributed by atoms with Gasteiger partial charge in [0.25, 0.3) is 0 Å². The highest BCUT2D eigenvalue weighted by Crippen LogP contribution is 2.31. The van der Waals surface area contributed by atoms with Crippen molar-refractivity contribution < 1.29 is 0 Å². The fraction of sp³-hybridized carbons (Fsp3) is 0.200. The normalized spacial score (nSPS) is 14.4. The molecule has 0 atom stereocenters. The maximum absolute atomic E-state index is 5.76. The molecule has 4 nitrogen and oxygen atoms in total. The van der Waals surface area contributed by atoms with Crippen LogP contribution in [-0.2, 0) is 19.5 Å². The minimum atomic E-state index is 0.575. The Kier molecular flexibility index (Phi) is 3.01. The Labute approximate surface area is 140 Å². The summed E-state index contributed by atoms with van der Waals surface area (Å²) in [6, 6.07) is 15.3. The smallest absolute Gasteiger partial charge is 0.0465 e. The molecular weight excluding hydrogens is 296 g/mol. The third-order valence-corrected chi connectivity index (χ3v) is 5.08. The van der Waals surface area contributed by atoms with E-state index in [1.807, 2.05) is 0 Å². The molecule has 120 valence electrons. The van der Waals surface area contributed by atoms with Crippen LogP contribution in [0.15, 0.2) is 42.5 Å². The number of aromatic amines is 2. The molecule has 1 aliphatic heterocycles. The van der Waals surface area contributed by atoms with Crippen LogP contribution in [0.2, 0.25) is 0 Å². The maximum atomic E-state index is 5.76. The second-order valence-corrected chi connectivity index (χ2v) is 6.58. The van der Waals surface area contributed by atoms with Crippen molar-refractivity contribution in [1.29, 1.82) is 0 Å². The molecule has 0 fully saturated rings.